The second-order valence-corrected chi connectivity index (χ2v) is 9.91. The summed E-state index contributed by atoms with van der Waals surface area (Å²) in [5, 5.41) is -0.00827. The van der Waals surface area contributed by atoms with E-state index in [9.17, 15) is 18.0 Å². The van der Waals surface area contributed by atoms with Crippen LogP contribution in [0.15, 0.2) is 71.6 Å². The third-order valence-electron chi connectivity index (χ3n) is 5.16. The first-order valence-corrected chi connectivity index (χ1v) is 12.2. The highest BCUT2D eigenvalue weighted by Gasteiger charge is 2.25. The molecular formula is C25H24ClNO7S. The van der Waals surface area contributed by atoms with Gasteiger partial charge in [-0.3, -0.25) is 4.79 Å². The second kappa shape index (κ2) is 11.4. The fourth-order valence-corrected chi connectivity index (χ4v) is 4.63. The van der Waals surface area contributed by atoms with Crippen LogP contribution in [0, 0.1) is 0 Å². The number of esters is 1. The second-order valence-electron chi connectivity index (χ2n) is 7.45. The number of ketones is 1. The first-order chi connectivity index (χ1) is 16.7. The number of halogens is 1. The first kappa shape index (κ1) is 26.2. The molecule has 184 valence electrons. The van der Waals surface area contributed by atoms with E-state index in [1.807, 2.05) is 30.3 Å². The molecule has 35 heavy (non-hydrogen) atoms. The Bertz CT molecular complexity index is 1330. The molecule has 0 atom stereocenters. The van der Waals surface area contributed by atoms with E-state index in [2.05, 4.69) is 0 Å². The summed E-state index contributed by atoms with van der Waals surface area (Å²) in [6, 6.07) is 17.5. The van der Waals surface area contributed by atoms with Crippen LogP contribution in [0.5, 0.6) is 11.5 Å². The highest BCUT2D eigenvalue weighted by Crippen LogP contribution is 2.26. The van der Waals surface area contributed by atoms with Crippen molar-refractivity contribution in [2.75, 3.05) is 27.9 Å². The van der Waals surface area contributed by atoms with Crippen LogP contribution < -0.4 is 9.47 Å². The van der Waals surface area contributed by atoms with Gasteiger partial charge in [-0.15, -0.1) is 0 Å². The predicted octanol–water partition coefficient (Wildman–Crippen LogP) is 4.22. The molecule has 0 saturated carbocycles. The summed E-state index contributed by atoms with van der Waals surface area (Å²) in [4.78, 5) is 25.2. The molecular weight excluding hydrogens is 494 g/mol. The maximum atomic E-state index is 13.1. The van der Waals surface area contributed by atoms with E-state index in [0.717, 1.165) is 11.6 Å². The van der Waals surface area contributed by atoms with Gasteiger partial charge in [0.05, 0.1) is 35.3 Å². The molecule has 0 amide bonds. The number of ether oxygens (including phenoxy) is 3. The molecule has 0 N–H and O–H groups in total. The van der Waals surface area contributed by atoms with Gasteiger partial charge in [-0.2, -0.15) is 4.31 Å². The molecule has 0 radical (unpaired) electrons. The van der Waals surface area contributed by atoms with Crippen LogP contribution in [0.4, 0.5) is 0 Å². The third-order valence-corrected chi connectivity index (χ3v) is 7.28. The number of Topliss-reactive ketones (excluding diaryl/α,β-unsaturated/α-hetero) is 1. The van der Waals surface area contributed by atoms with Gasteiger partial charge < -0.3 is 14.2 Å². The lowest BCUT2D eigenvalue weighted by Gasteiger charge is -2.18. The van der Waals surface area contributed by atoms with Gasteiger partial charge in [-0.25, -0.2) is 13.2 Å². The zero-order chi connectivity index (χ0) is 25.6. The van der Waals surface area contributed by atoms with E-state index in [1.165, 1.54) is 43.8 Å². The largest absolute Gasteiger partial charge is 0.497 e. The number of benzene rings is 3. The fraction of sp³-hybridized carbons (Fsp3) is 0.200. The minimum atomic E-state index is -3.93. The van der Waals surface area contributed by atoms with E-state index in [4.69, 9.17) is 25.8 Å². The summed E-state index contributed by atoms with van der Waals surface area (Å²) in [6.45, 7) is -0.466. The van der Waals surface area contributed by atoms with E-state index in [1.54, 1.807) is 12.1 Å². The first-order valence-electron chi connectivity index (χ1n) is 10.4. The monoisotopic (exact) mass is 517 g/mol. The van der Waals surface area contributed by atoms with Crippen molar-refractivity contribution >= 4 is 33.4 Å². The van der Waals surface area contributed by atoms with Crippen LogP contribution in [0.3, 0.4) is 0 Å². The van der Waals surface area contributed by atoms with E-state index >= 15 is 0 Å². The van der Waals surface area contributed by atoms with Gasteiger partial charge in [0.2, 0.25) is 15.8 Å². The van der Waals surface area contributed by atoms with Crippen LogP contribution >= 0.6 is 11.6 Å². The average molecular weight is 518 g/mol. The molecule has 0 aliphatic heterocycles. The lowest BCUT2D eigenvalue weighted by molar-refractivity contribution is 0.0474. The topological polar surface area (TPSA) is 99.2 Å². The molecule has 0 fully saturated rings. The van der Waals surface area contributed by atoms with Crippen molar-refractivity contribution in [1.82, 2.24) is 4.31 Å². The van der Waals surface area contributed by atoms with E-state index < -0.39 is 28.4 Å². The van der Waals surface area contributed by atoms with Crippen LogP contribution in [0.25, 0.3) is 0 Å². The highest BCUT2D eigenvalue weighted by atomic mass is 35.5. The number of methoxy groups -OCH3 is 2. The average Bonchev–Trinajstić information content (AvgIpc) is 2.87. The van der Waals surface area contributed by atoms with Crippen molar-refractivity contribution < 1.29 is 32.2 Å². The van der Waals surface area contributed by atoms with Crippen LogP contribution in [0.1, 0.15) is 26.3 Å². The molecule has 0 aliphatic carbocycles. The Balaban J connectivity index is 1.77. The zero-order valence-corrected chi connectivity index (χ0v) is 20.9. The van der Waals surface area contributed by atoms with Crippen molar-refractivity contribution in [3.63, 3.8) is 0 Å². The number of nitrogens with zero attached hydrogens (tertiary/aromatic N) is 1. The number of hydrogen-bond donors (Lipinski definition) is 0. The molecule has 0 spiro atoms. The number of sulfonamides is 1. The highest BCUT2D eigenvalue weighted by molar-refractivity contribution is 7.89. The van der Waals surface area contributed by atoms with E-state index in [-0.39, 0.29) is 27.6 Å². The molecule has 0 aromatic heterocycles. The van der Waals surface area contributed by atoms with Crippen molar-refractivity contribution in [2.24, 2.45) is 0 Å². The molecule has 10 heteroatoms. The Labute approximate surface area is 209 Å². The molecule has 3 rings (SSSR count). The Kier molecular flexibility index (Phi) is 8.50. The minimum absolute atomic E-state index is 0.00827. The van der Waals surface area contributed by atoms with Crippen LogP contribution in [0.2, 0.25) is 5.02 Å². The lowest BCUT2D eigenvalue weighted by atomic mass is 10.1. The Hall–Kier alpha value is -3.40. The Morgan fingerprint density at radius 1 is 0.914 bits per heavy atom. The summed E-state index contributed by atoms with van der Waals surface area (Å²) in [5.74, 6) is -0.745. The maximum Gasteiger partial charge on any atom is 0.340 e. The summed E-state index contributed by atoms with van der Waals surface area (Å²) >= 11 is 6.14. The zero-order valence-electron chi connectivity index (χ0n) is 19.4. The lowest BCUT2D eigenvalue weighted by Crippen LogP contribution is -2.26. The van der Waals surface area contributed by atoms with Crippen molar-refractivity contribution in [3.8, 4) is 11.5 Å². The van der Waals surface area contributed by atoms with Crippen molar-refractivity contribution in [3.05, 3.63) is 88.4 Å². The molecule has 8 nitrogen and oxygen atoms in total. The van der Waals surface area contributed by atoms with Gasteiger partial charge >= 0.3 is 5.97 Å². The predicted molar refractivity (Wildman–Crippen MR) is 131 cm³/mol. The number of carbonyl (C=O) groups is 2. The van der Waals surface area contributed by atoms with Crippen molar-refractivity contribution in [1.29, 1.82) is 0 Å². The number of rotatable bonds is 10. The number of hydrogen-bond acceptors (Lipinski definition) is 7. The quantitative estimate of drug-likeness (QED) is 0.293. The third kappa shape index (κ3) is 6.19. The summed E-state index contributed by atoms with van der Waals surface area (Å²) in [6.07, 6.45) is 0. The van der Waals surface area contributed by atoms with Gasteiger partial charge in [0.1, 0.15) is 11.5 Å². The SMILES string of the molecule is COc1ccc(OC)c(C(=O)COC(=O)c2cc(S(=O)(=O)N(C)Cc3ccccc3)ccc2Cl)c1. The molecule has 3 aromatic rings. The molecule has 0 bridgehead atoms. The van der Waals surface area contributed by atoms with Crippen LogP contribution in [-0.4, -0.2) is 52.3 Å². The summed E-state index contributed by atoms with van der Waals surface area (Å²) in [5.41, 5.74) is 0.800. The normalized spacial score (nSPS) is 11.2. The Morgan fingerprint density at radius 3 is 2.29 bits per heavy atom. The smallest absolute Gasteiger partial charge is 0.340 e. The summed E-state index contributed by atoms with van der Waals surface area (Å²) < 4.78 is 42.7. The molecule has 0 heterocycles. The van der Waals surface area contributed by atoms with Crippen molar-refractivity contribution in [2.45, 2.75) is 11.4 Å². The minimum Gasteiger partial charge on any atom is -0.497 e. The van der Waals surface area contributed by atoms with Gasteiger partial charge in [0, 0.05) is 13.6 Å². The van der Waals surface area contributed by atoms with Gasteiger partial charge in [-0.05, 0) is 42.0 Å². The fourth-order valence-electron chi connectivity index (χ4n) is 3.25. The Morgan fingerprint density at radius 2 is 1.63 bits per heavy atom. The molecule has 0 saturated heterocycles. The van der Waals surface area contributed by atoms with Gasteiger partial charge in [-0.1, -0.05) is 41.9 Å². The standard InChI is InChI=1S/C25H24ClNO7S/c1-27(15-17-7-5-4-6-8-17)35(30,31)19-10-11-22(26)20(14-19)25(29)34-16-23(28)21-13-18(32-2)9-12-24(21)33-3/h4-14H,15-16H2,1-3H3. The number of carbonyl (C=O) groups excluding carboxylic acids is 2. The maximum absolute atomic E-state index is 13.1. The van der Waals surface area contributed by atoms with Crippen LogP contribution in [-0.2, 0) is 21.3 Å². The molecule has 0 aliphatic rings. The van der Waals surface area contributed by atoms with Gasteiger partial charge in [0.25, 0.3) is 0 Å². The summed E-state index contributed by atoms with van der Waals surface area (Å²) in [7, 11) is 0.371. The van der Waals surface area contributed by atoms with Gasteiger partial charge in [0.15, 0.2) is 6.61 Å². The molecule has 0 unspecified atom stereocenters. The molecule has 3 aromatic carbocycles. The van der Waals surface area contributed by atoms with E-state index in [0.29, 0.717) is 11.5 Å².